The smallest absolute Gasteiger partial charge is 0.126 e. The molecule has 1 aromatic carbocycles. The van der Waals surface area contributed by atoms with E-state index in [1.54, 1.807) is 0 Å². The zero-order chi connectivity index (χ0) is 10.1. The summed E-state index contributed by atoms with van der Waals surface area (Å²) < 4.78 is 0. The second-order valence-electron chi connectivity index (χ2n) is 3.29. The van der Waals surface area contributed by atoms with Crippen LogP contribution in [0.5, 0.6) is 0 Å². The predicted molar refractivity (Wildman–Crippen MR) is 62.9 cm³/mol. The third kappa shape index (κ3) is 4.36. The maximum absolute atomic E-state index is 5.84. The summed E-state index contributed by atoms with van der Waals surface area (Å²) in [5.74, 6) is 0. The van der Waals surface area contributed by atoms with Crippen molar-refractivity contribution in [3.63, 3.8) is 0 Å². The van der Waals surface area contributed by atoms with Crippen molar-refractivity contribution < 1.29 is 0 Å². The fourth-order valence-electron chi connectivity index (χ4n) is 1.40. The zero-order valence-corrected chi connectivity index (χ0v) is 10.8. The summed E-state index contributed by atoms with van der Waals surface area (Å²) in [7, 11) is 0. The predicted octanol–water partition coefficient (Wildman–Crippen LogP) is 4.04. The lowest BCUT2D eigenvalue weighted by Gasteiger charge is -2.09. The summed E-state index contributed by atoms with van der Waals surface area (Å²) in [5.41, 5.74) is 3.57. The molecule has 0 radical (unpaired) electrons. The average molecular weight is 254 g/mol. The van der Waals surface area contributed by atoms with Crippen LogP contribution in [0.4, 0.5) is 0 Å². The Hall–Kier alpha value is 0.307. The van der Waals surface area contributed by atoms with Gasteiger partial charge in [0, 0.05) is 6.04 Å². The van der Waals surface area contributed by atoms with Crippen LogP contribution in [0.1, 0.15) is 16.7 Å². The highest BCUT2D eigenvalue weighted by Crippen LogP contribution is 2.25. The summed E-state index contributed by atoms with van der Waals surface area (Å²) in [4.78, 5) is 0. The van der Waals surface area contributed by atoms with Gasteiger partial charge in [-0.1, -0.05) is 29.3 Å². The molecule has 1 rings (SSSR count). The summed E-state index contributed by atoms with van der Waals surface area (Å²) in [6.45, 7) is 4.10. The molecule has 0 atom stereocenters. The first kappa shape index (κ1) is 11.4. The van der Waals surface area contributed by atoms with Crippen LogP contribution in [-0.2, 0) is 6.04 Å². The van der Waals surface area contributed by atoms with Crippen LogP contribution in [0.3, 0.4) is 0 Å². The second kappa shape index (κ2) is 4.22. The minimum absolute atomic E-state index is 0.597. The van der Waals surface area contributed by atoms with Crippen LogP contribution in [-0.4, -0.2) is 6.00 Å². The van der Waals surface area contributed by atoms with Crippen LogP contribution in [0.15, 0.2) is 18.2 Å². The van der Waals surface area contributed by atoms with E-state index in [9.17, 15) is 0 Å². The van der Waals surface area contributed by atoms with Gasteiger partial charge in [0.15, 0.2) is 0 Å². The highest BCUT2D eigenvalue weighted by atomic mass is 35.8. The lowest BCUT2D eigenvalue weighted by Crippen LogP contribution is -2.14. The Morgan fingerprint density at radius 2 is 1.46 bits per heavy atom. The van der Waals surface area contributed by atoms with Crippen LogP contribution in [0, 0.1) is 13.8 Å². The fraction of sp³-hybridized carbons (Fsp3) is 0.333. The molecule has 0 aliphatic rings. The Labute approximate surface area is 93.9 Å². The SMILES string of the molecule is Cc1cc(C)cc(C[Si](Cl)(Cl)Cl)c1. The summed E-state index contributed by atoms with van der Waals surface area (Å²) >= 11 is 17.5. The van der Waals surface area contributed by atoms with Crippen molar-refractivity contribution in [3.8, 4) is 0 Å². The molecule has 0 unspecified atom stereocenters. The Bertz CT molecular complexity index is 284. The van der Waals surface area contributed by atoms with E-state index < -0.39 is 6.00 Å². The van der Waals surface area contributed by atoms with E-state index in [0.717, 1.165) is 5.56 Å². The Morgan fingerprint density at radius 3 is 1.85 bits per heavy atom. The summed E-state index contributed by atoms with van der Waals surface area (Å²) in [5, 5.41) is 0. The minimum atomic E-state index is -2.53. The highest BCUT2D eigenvalue weighted by molar-refractivity contribution is 7.64. The van der Waals surface area contributed by atoms with Crippen LogP contribution >= 0.6 is 33.2 Å². The molecule has 0 N–H and O–H groups in total. The largest absolute Gasteiger partial charge is 0.345 e. The number of halogens is 3. The van der Waals surface area contributed by atoms with Gasteiger partial charge in [0.25, 0.3) is 0 Å². The molecule has 0 nitrogen and oxygen atoms in total. The molecule has 0 fully saturated rings. The molecule has 72 valence electrons. The first-order valence-corrected chi connectivity index (χ1v) is 9.25. The fourth-order valence-corrected chi connectivity index (χ4v) is 3.46. The Kier molecular flexibility index (Phi) is 3.70. The third-order valence-corrected chi connectivity index (χ3v) is 3.70. The molecule has 0 spiro atoms. The lowest BCUT2D eigenvalue weighted by molar-refractivity contribution is 1.29. The number of rotatable bonds is 2. The van der Waals surface area contributed by atoms with E-state index in [0.29, 0.717) is 6.04 Å². The molecule has 0 amide bonds. The summed E-state index contributed by atoms with van der Waals surface area (Å²) in [6.07, 6.45) is 0. The number of hydrogen-bond acceptors (Lipinski definition) is 0. The van der Waals surface area contributed by atoms with Gasteiger partial charge in [-0.3, -0.25) is 0 Å². The van der Waals surface area contributed by atoms with Gasteiger partial charge in [0.1, 0.15) is 0 Å². The van der Waals surface area contributed by atoms with Crippen LogP contribution in [0.2, 0.25) is 0 Å². The normalized spacial score (nSPS) is 11.8. The molecule has 0 aliphatic heterocycles. The maximum atomic E-state index is 5.84. The van der Waals surface area contributed by atoms with Gasteiger partial charge >= 0.3 is 6.00 Å². The molecular formula is C9H11Cl3Si. The topological polar surface area (TPSA) is 0 Å². The van der Waals surface area contributed by atoms with E-state index in [1.807, 2.05) is 0 Å². The van der Waals surface area contributed by atoms with Gasteiger partial charge in [-0.25, -0.2) is 0 Å². The molecule has 0 saturated carbocycles. The molecule has 13 heavy (non-hydrogen) atoms. The monoisotopic (exact) mass is 252 g/mol. The lowest BCUT2D eigenvalue weighted by atomic mass is 10.1. The van der Waals surface area contributed by atoms with E-state index in [2.05, 4.69) is 32.0 Å². The summed E-state index contributed by atoms with van der Waals surface area (Å²) in [6, 6.07) is 4.33. The third-order valence-electron chi connectivity index (χ3n) is 1.69. The van der Waals surface area contributed by atoms with Gasteiger partial charge in [-0.05, 0) is 19.4 Å². The Morgan fingerprint density at radius 1 is 1.00 bits per heavy atom. The first-order valence-electron chi connectivity index (χ1n) is 4.01. The molecule has 0 bridgehead atoms. The van der Waals surface area contributed by atoms with Crippen molar-refractivity contribution in [2.75, 3.05) is 0 Å². The Balaban J connectivity index is 2.90. The molecule has 0 saturated heterocycles. The number of aryl methyl sites for hydroxylation is 2. The quantitative estimate of drug-likeness (QED) is 0.551. The van der Waals surface area contributed by atoms with Crippen LogP contribution in [0.25, 0.3) is 0 Å². The van der Waals surface area contributed by atoms with Crippen LogP contribution < -0.4 is 0 Å². The second-order valence-corrected chi connectivity index (χ2v) is 12.4. The molecule has 1 aromatic rings. The van der Waals surface area contributed by atoms with Gasteiger partial charge < -0.3 is 0 Å². The molecule has 0 aromatic heterocycles. The average Bonchev–Trinajstić information content (AvgIpc) is 1.78. The van der Waals surface area contributed by atoms with Crippen molar-refractivity contribution in [1.29, 1.82) is 0 Å². The van der Waals surface area contributed by atoms with Crippen molar-refractivity contribution in [2.45, 2.75) is 19.9 Å². The van der Waals surface area contributed by atoms with Crippen molar-refractivity contribution in [3.05, 3.63) is 34.9 Å². The number of benzene rings is 1. The van der Waals surface area contributed by atoms with E-state index in [-0.39, 0.29) is 0 Å². The van der Waals surface area contributed by atoms with E-state index in [1.165, 1.54) is 11.1 Å². The van der Waals surface area contributed by atoms with Gasteiger partial charge in [-0.2, -0.15) is 0 Å². The number of hydrogen-bond donors (Lipinski definition) is 0. The highest BCUT2D eigenvalue weighted by Gasteiger charge is 2.25. The molecule has 4 heteroatoms. The van der Waals surface area contributed by atoms with E-state index in [4.69, 9.17) is 33.2 Å². The van der Waals surface area contributed by atoms with Crippen molar-refractivity contribution in [1.82, 2.24) is 0 Å². The van der Waals surface area contributed by atoms with Gasteiger partial charge in [0.2, 0.25) is 0 Å². The van der Waals surface area contributed by atoms with E-state index >= 15 is 0 Å². The molecule has 0 aliphatic carbocycles. The van der Waals surface area contributed by atoms with Gasteiger partial charge in [0.05, 0.1) is 0 Å². The van der Waals surface area contributed by atoms with Crippen molar-refractivity contribution in [2.24, 2.45) is 0 Å². The van der Waals surface area contributed by atoms with Crippen molar-refractivity contribution >= 4 is 39.2 Å². The van der Waals surface area contributed by atoms with Gasteiger partial charge in [-0.15, -0.1) is 33.2 Å². The maximum Gasteiger partial charge on any atom is 0.345 e. The molecular weight excluding hydrogens is 243 g/mol. The minimum Gasteiger partial charge on any atom is -0.126 e. The zero-order valence-electron chi connectivity index (χ0n) is 7.57. The molecule has 0 heterocycles. The standard InChI is InChI=1S/C9H11Cl3Si/c1-7-3-8(2)5-9(4-7)6-13(10,11)12/h3-5H,6H2,1-2H3. The first-order chi connectivity index (χ1) is 5.87.